The van der Waals surface area contributed by atoms with Gasteiger partial charge in [0, 0.05) is 23.2 Å². The number of benzene rings is 2. The van der Waals surface area contributed by atoms with Gasteiger partial charge in [0.15, 0.2) is 0 Å². The molecule has 0 aliphatic heterocycles. The summed E-state index contributed by atoms with van der Waals surface area (Å²) in [6.07, 6.45) is -1.11. The molecule has 5 heteroatoms. The zero-order chi connectivity index (χ0) is 18.0. The first kappa shape index (κ1) is 17.0. The first-order valence-electron chi connectivity index (χ1n) is 8.05. The van der Waals surface area contributed by atoms with Crippen LogP contribution in [0.25, 0.3) is 10.9 Å². The molecule has 2 aromatic carbocycles. The number of aromatic nitrogens is 1. The first-order chi connectivity index (χ1) is 12.0. The third-order valence-corrected chi connectivity index (χ3v) is 4.13. The van der Waals surface area contributed by atoms with E-state index in [2.05, 4.69) is 10.3 Å². The topological polar surface area (TPSA) is 62.2 Å². The molecule has 0 radical (unpaired) electrons. The zero-order valence-electron chi connectivity index (χ0n) is 14.1. The number of hydrogen-bond donors (Lipinski definition) is 2. The minimum absolute atomic E-state index is 0.0750. The normalized spacial score (nSPS) is 12.2. The van der Waals surface area contributed by atoms with Gasteiger partial charge in [-0.15, -0.1) is 0 Å². The Labute approximate surface area is 145 Å². The third-order valence-electron chi connectivity index (χ3n) is 4.13. The number of fused-ring (bicyclic) bond motifs is 1. The molecule has 0 fully saturated rings. The van der Waals surface area contributed by atoms with E-state index in [4.69, 9.17) is 0 Å². The number of hydrogen-bond acceptors (Lipinski definition) is 3. The van der Waals surface area contributed by atoms with Crippen molar-refractivity contribution in [2.24, 2.45) is 0 Å². The highest BCUT2D eigenvalue weighted by atomic mass is 19.1. The summed E-state index contributed by atoms with van der Waals surface area (Å²) in [6, 6.07) is 13.4. The van der Waals surface area contributed by atoms with Crippen LogP contribution in [0.4, 0.5) is 4.39 Å². The highest BCUT2D eigenvalue weighted by Crippen LogP contribution is 2.22. The number of pyridine rings is 1. The standard InChI is InChI=1S/C20H19FN2O2/c1-12-6-5-8-14-16(10-13(2)23-19(12)14)20(25)22-11-18(24)15-7-3-4-9-17(15)21/h3-10,18,24H,11H2,1-2H3,(H,22,25). The lowest BCUT2D eigenvalue weighted by Crippen LogP contribution is -2.29. The van der Waals surface area contributed by atoms with Crippen LogP contribution in [0.3, 0.4) is 0 Å². The fourth-order valence-corrected chi connectivity index (χ4v) is 2.85. The quantitative estimate of drug-likeness (QED) is 0.766. The molecule has 1 unspecified atom stereocenters. The average Bonchev–Trinajstić information content (AvgIpc) is 2.60. The number of carbonyl (C=O) groups is 1. The van der Waals surface area contributed by atoms with Crippen molar-refractivity contribution in [3.05, 3.63) is 76.7 Å². The number of halogens is 1. The molecule has 0 spiro atoms. The van der Waals surface area contributed by atoms with E-state index >= 15 is 0 Å². The maximum atomic E-state index is 13.7. The van der Waals surface area contributed by atoms with Gasteiger partial charge in [0.05, 0.1) is 17.2 Å². The summed E-state index contributed by atoms with van der Waals surface area (Å²) in [5.74, 6) is -0.818. The van der Waals surface area contributed by atoms with Crippen LogP contribution < -0.4 is 5.32 Å². The van der Waals surface area contributed by atoms with Crippen LogP contribution in [-0.4, -0.2) is 22.5 Å². The number of aryl methyl sites for hydroxylation is 2. The van der Waals surface area contributed by atoms with Crippen LogP contribution in [0.2, 0.25) is 0 Å². The molecule has 3 aromatic rings. The number of nitrogens with one attached hydrogen (secondary N) is 1. The van der Waals surface area contributed by atoms with Crippen molar-refractivity contribution in [1.82, 2.24) is 10.3 Å². The largest absolute Gasteiger partial charge is 0.386 e. The van der Waals surface area contributed by atoms with Gasteiger partial charge < -0.3 is 10.4 Å². The molecule has 1 amide bonds. The lowest BCUT2D eigenvalue weighted by atomic mass is 10.0. The fraction of sp³-hybridized carbons (Fsp3) is 0.200. The Hall–Kier alpha value is -2.79. The van der Waals surface area contributed by atoms with Crippen molar-refractivity contribution >= 4 is 16.8 Å². The van der Waals surface area contributed by atoms with Gasteiger partial charge in [-0.3, -0.25) is 9.78 Å². The molecule has 1 atom stereocenters. The maximum absolute atomic E-state index is 13.7. The number of rotatable bonds is 4. The molecule has 2 N–H and O–H groups in total. The van der Waals surface area contributed by atoms with Crippen molar-refractivity contribution in [2.45, 2.75) is 20.0 Å². The van der Waals surface area contributed by atoms with Crippen LogP contribution >= 0.6 is 0 Å². The van der Waals surface area contributed by atoms with Gasteiger partial charge in [-0.1, -0.05) is 36.4 Å². The summed E-state index contributed by atoms with van der Waals surface area (Å²) in [7, 11) is 0. The summed E-state index contributed by atoms with van der Waals surface area (Å²) >= 11 is 0. The van der Waals surface area contributed by atoms with E-state index in [1.54, 1.807) is 18.2 Å². The van der Waals surface area contributed by atoms with E-state index in [-0.39, 0.29) is 18.0 Å². The Morgan fingerprint density at radius 1 is 1.20 bits per heavy atom. The number of aliphatic hydroxyl groups excluding tert-OH is 1. The van der Waals surface area contributed by atoms with Gasteiger partial charge in [0.2, 0.25) is 0 Å². The second-order valence-corrected chi connectivity index (χ2v) is 6.03. The molecule has 3 rings (SSSR count). The molecular formula is C20H19FN2O2. The summed E-state index contributed by atoms with van der Waals surface area (Å²) < 4.78 is 13.7. The maximum Gasteiger partial charge on any atom is 0.252 e. The highest BCUT2D eigenvalue weighted by Gasteiger charge is 2.16. The van der Waals surface area contributed by atoms with Crippen LogP contribution in [0.5, 0.6) is 0 Å². The number of amides is 1. The Kier molecular flexibility index (Phi) is 4.76. The molecule has 0 aliphatic carbocycles. The van der Waals surface area contributed by atoms with E-state index in [0.29, 0.717) is 5.56 Å². The Morgan fingerprint density at radius 2 is 1.96 bits per heavy atom. The minimum Gasteiger partial charge on any atom is -0.386 e. The van der Waals surface area contributed by atoms with E-state index in [1.807, 2.05) is 32.0 Å². The molecule has 0 saturated heterocycles. The van der Waals surface area contributed by atoms with Crippen LogP contribution in [0, 0.1) is 19.7 Å². The summed E-state index contributed by atoms with van der Waals surface area (Å²) in [4.78, 5) is 17.1. The van der Waals surface area contributed by atoms with Gasteiger partial charge in [-0.05, 0) is 31.5 Å². The predicted molar refractivity (Wildman–Crippen MR) is 94.9 cm³/mol. The van der Waals surface area contributed by atoms with Gasteiger partial charge in [-0.25, -0.2) is 4.39 Å². The summed E-state index contributed by atoms with van der Waals surface area (Å²) in [6.45, 7) is 3.70. The average molecular weight is 338 g/mol. The smallest absolute Gasteiger partial charge is 0.252 e. The molecule has 0 saturated carbocycles. The lowest BCUT2D eigenvalue weighted by molar-refractivity contribution is 0.0915. The first-order valence-corrected chi connectivity index (χ1v) is 8.05. The molecule has 0 aliphatic rings. The Morgan fingerprint density at radius 3 is 2.72 bits per heavy atom. The zero-order valence-corrected chi connectivity index (χ0v) is 14.1. The molecule has 4 nitrogen and oxygen atoms in total. The number of carbonyl (C=O) groups excluding carboxylic acids is 1. The minimum atomic E-state index is -1.11. The van der Waals surface area contributed by atoms with Crippen molar-refractivity contribution in [3.8, 4) is 0 Å². The Balaban J connectivity index is 1.84. The SMILES string of the molecule is Cc1cc(C(=O)NCC(O)c2ccccc2F)c2cccc(C)c2n1. The third kappa shape index (κ3) is 3.51. The summed E-state index contributed by atoms with van der Waals surface area (Å²) in [5, 5.41) is 13.6. The molecular weight excluding hydrogens is 319 g/mol. The molecule has 128 valence electrons. The van der Waals surface area contributed by atoms with Crippen molar-refractivity contribution in [3.63, 3.8) is 0 Å². The van der Waals surface area contributed by atoms with Gasteiger partial charge >= 0.3 is 0 Å². The van der Waals surface area contributed by atoms with Crippen molar-refractivity contribution in [1.29, 1.82) is 0 Å². The van der Waals surface area contributed by atoms with Crippen LogP contribution in [0.15, 0.2) is 48.5 Å². The van der Waals surface area contributed by atoms with Gasteiger partial charge in [-0.2, -0.15) is 0 Å². The Bertz CT molecular complexity index is 940. The summed E-state index contributed by atoms with van der Waals surface area (Å²) in [5.41, 5.74) is 3.16. The number of aliphatic hydroxyl groups is 1. The van der Waals surface area contributed by atoms with E-state index in [9.17, 15) is 14.3 Å². The van der Waals surface area contributed by atoms with E-state index in [1.165, 1.54) is 12.1 Å². The lowest BCUT2D eigenvalue weighted by Gasteiger charge is -2.14. The van der Waals surface area contributed by atoms with Crippen molar-refractivity contribution in [2.75, 3.05) is 6.54 Å². The monoisotopic (exact) mass is 338 g/mol. The molecule has 25 heavy (non-hydrogen) atoms. The number of nitrogens with zero attached hydrogens (tertiary/aromatic N) is 1. The van der Waals surface area contributed by atoms with Crippen LogP contribution in [0.1, 0.15) is 33.3 Å². The predicted octanol–water partition coefficient (Wildman–Crippen LogP) is 3.45. The van der Waals surface area contributed by atoms with Gasteiger partial charge in [0.1, 0.15) is 5.82 Å². The molecule has 1 aromatic heterocycles. The molecule has 0 bridgehead atoms. The second-order valence-electron chi connectivity index (χ2n) is 6.03. The fourth-order valence-electron chi connectivity index (χ4n) is 2.85. The highest BCUT2D eigenvalue weighted by molar-refractivity contribution is 6.06. The van der Waals surface area contributed by atoms with Gasteiger partial charge in [0.25, 0.3) is 5.91 Å². The van der Waals surface area contributed by atoms with Crippen molar-refractivity contribution < 1.29 is 14.3 Å². The van der Waals surface area contributed by atoms with E-state index in [0.717, 1.165) is 22.2 Å². The number of para-hydroxylation sites is 1. The van der Waals surface area contributed by atoms with E-state index < -0.39 is 11.9 Å². The van der Waals surface area contributed by atoms with Crippen LogP contribution in [-0.2, 0) is 0 Å². The second kappa shape index (κ2) is 6.99. The molecule has 1 heterocycles.